The number of hydrogen-bond acceptors (Lipinski definition) is 3. The normalized spacial score (nSPS) is 10.1. The van der Waals surface area contributed by atoms with Crippen LogP contribution in [0.3, 0.4) is 0 Å². The van der Waals surface area contributed by atoms with Gasteiger partial charge in [-0.3, -0.25) is 9.59 Å². The molecule has 16 heavy (non-hydrogen) atoms. The van der Waals surface area contributed by atoms with Crippen molar-refractivity contribution >= 4 is 11.8 Å². The Hall–Kier alpha value is -0.860. The predicted molar refractivity (Wildman–Crippen MR) is 64.3 cm³/mol. The molecule has 0 fully saturated rings. The van der Waals surface area contributed by atoms with E-state index in [1.54, 1.807) is 0 Å². The molecule has 94 valence electrons. The first kappa shape index (κ1) is 15.1. The predicted octanol–water partition coefficient (Wildman–Crippen LogP) is 3.26. The molecule has 0 radical (unpaired) electrons. The van der Waals surface area contributed by atoms with Gasteiger partial charge in [-0.25, -0.2) is 0 Å². The molecule has 3 heteroatoms. The van der Waals surface area contributed by atoms with Crippen LogP contribution in [0.4, 0.5) is 0 Å². The molecule has 0 spiro atoms. The quantitative estimate of drug-likeness (QED) is 0.426. The van der Waals surface area contributed by atoms with Crippen LogP contribution in [-0.2, 0) is 14.3 Å². The van der Waals surface area contributed by atoms with Crippen molar-refractivity contribution in [3.8, 4) is 0 Å². The van der Waals surface area contributed by atoms with Crippen molar-refractivity contribution in [2.24, 2.45) is 0 Å². The molecule has 0 saturated heterocycles. The lowest BCUT2D eigenvalue weighted by atomic mass is 10.1. The maximum atomic E-state index is 11.2. The van der Waals surface area contributed by atoms with Crippen LogP contribution >= 0.6 is 0 Å². The van der Waals surface area contributed by atoms with E-state index in [1.165, 1.54) is 32.6 Å². The summed E-state index contributed by atoms with van der Waals surface area (Å²) in [4.78, 5) is 21.8. The minimum Gasteiger partial charge on any atom is -0.465 e. The lowest BCUT2D eigenvalue weighted by molar-refractivity contribution is -0.144. The number of rotatable bonds is 10. The number of carbonyl (C=O) groups excluding carboxylic acids is 2. The third-order valence-corrected chi connectivity index (χ3v) is 2.45. The SMILES string of the molecule is CCCCCCCCC(=O)OCCC(C)=O. The number of ether oxygens (including phenoxy) is 1. The van der Waals surface area contributed by atoms with E-state index >= 15 is 0 Å². The molecule has 0 saturated carbocycles. The summed E-state index contributed by atoms with van der Waals surface area (Å²) in [6.07, 6.45) is 7.82. The molecular weight excluding hydrogens is 204 g/mol. The highest BCUT2D eigenvalue weighted by atomic mass is 16.5. The molecule has 0 aliphatic heterocycles. The number of Topliss-reactive ketones (excluding diaryl/α,β-unsaturated/α-hetero) is 1. The zero-order valence-electron chi connectivity index (χ0n) is 10.6. The smallest absolute Gasteiger partial charge is 0.305 e. The van der Waals surface area contributed by atoms with Crippen molar-refractivity contribution in [1.82, 2.24) is 0 Å². The van der Waals surface area contributed by atoms with Gasteiger partial charge in [-0.1, -0.05) is 39.0 Å². The zero-order chi connectivity index (χ0) is 12.2. The van der Waals surface area contributed by atoms with Crippen LogP contribution < -0.4 is 0 Å². The van der Waals surface area contributed by atoms with Gasteiger partial charge in [0.05, 0.1) is 6.61 Å². The number of unbranched alkanes of at least 4 members (excludes halogenated alkanes) is 5. The van der Waals surface area contributed by atoms with Gasteiger partial charge in [0.25, 0.3) is 0 Å². The fraction of sp³-hybridized carbons (Fsp3) is 0.846. The van der Waals surface area contributed by atoms with Gasteiger partial charge in [-0.2, -0.15) is 0 Å². The summed E-state index contributed by atoms with van der Waals surface area (Å²) in [6, 6.07) is 0. The third kappa shape index (κ3) is 11.2. The molecule has 0 amide bonds. The summed E-state index contributed by atoms with van der Waals surface area (Å²) < 4.78 is 4.92. The van der Waals surface area contributed by atoms with E-state index < -0.39 is 0 Å². The Morgan fingerprint density at radius 2 is 1.56 bits per heavy atom. The highest BCUT2D eigenvalue weighted by Crippen LogP contribution is 2.07. The van der Waals surface area contributed by atoms with Crippen LogP contribution in [0, 0.1) is 0 Å². The molecule has 0 aromatic rings. The van der Waals surface area contributed by atoms with Gasteiger partial charge in [0.15, 0.2) is 0 Å². The second-order valence-electron chi connectivity index (χ2n) is 4.19. The molecule has 0 heterocycles. The van der Waals surface area contributed by atoms with Gasteiger partial charge in [-0.15, -0.1) is 0 Å². The van der Waals surface area contributed by atoms with Crippen LogP contribution in [-0.4, -0.2) is 18.4 Å². The second kappa shape index (κ2) is 10.7. The summed E-state index contributed by atoms with van der Waals surface area (Å²) in [7, 11) is 0. The molecule has 0 aromatic carbocycles. The Labute approximate surface area is 98.6 Å². The fourth-order valence-corrected chi connectivity index (χ4v) is 1.43. The van der Waals surface area contributed by atoms with Gasteiger partial charge in [0.2, 0.25) is 0 Å². The molecule has 0 unspecified atom stereocenters. The molecule has 3 nitrogen and oxygen atoms in total. The van der Waals surface area contributed by atoms with Gasteiger partial charge in [0.1, 0.15) is 5.78 Å². The lowest BCUT2D eigenvalue weighted by Gasteiger charge is -2.03. The number of esters is 1. The summed E-state index contributed by atoms with van der Waals surface area (Å²) >= 11 is 0. The Kier molecular flexibility index (Phi) is 10.1. The summed E-state index contributed by atoms with van der Waals surface area (Å²) in [5.41, 5.74) is 0. The molecule has 0 aromatic heterocycles. The van der Waals surface area contributed by atoms with Crippen molar-refractivity contribution < 1.29 is 14.3 Å². The van der Waals surface area contributed by atoms with Crippen LogP contribution in [0.15, 0.2) is 0 Å². The van der Waals surface area contributed by atoms with Gasteiger partial charge in [-0.05, 0) is 13.3 Å². The number of carbonyl (C=O) groups is 2. The first-order chi connectivity index (χ1) is 7.66. The van der Waals surface area contributed by atoms with E-state index in [-0.39, 0.29) is 18.4 Å². The van der Waals surface area contributed by atoms with Crippen molar-refractivity contribution in [1.29, 1.82) is 0 Å². The molecule has 0 bridgehead atoms. The second-order valence-corrected chi connectivity index (χ2v) is 4.19. The molecule has 0 N–H and O–H groups in total. The van der Waals surface area contributed by atoms with E-state index in [9.17, 15) is 9.59 Å². The maximum Gasteiger partial charge on any atom is 0.305 e. The van der Waals surface area contributed by atoms with Crippen molar-refractivity contribution in [2.75, 3.05) is 6.61 Å². The number of ketones is 1. The Morgan fingerprint density at radius 1 is 0.938 bits per heavy atom. The molecule has 0 aliphatic carbocycles. The molecule has 0 rings (SSSR count). The van der Waals surface area contributed by atoms with Crippen LogP contribution in [0.1, 0.15) is 65.2 Å². The van der Waals surface area contributed by atoms with Crippen LogP contribution in [0.5, 0.6) is 0 Å². The molecule has 0 aliphatic rings. The molecule has 0 atom stereocenters. The van der Waals surface area contributed by atoms with E-state index in [2.05, 4.69) is 6.92 Å². The largest absolute Gasteiger partial charge is 0.465 e. The number of hydrogen-bond donors (Lipinski definition) is 0. The highest BCUT2D eigenvalue weighted by molar-refractivity contribution is 5.76. The van der Waals surface area contributed by atoms with Crippen LogP contribution in [0.2, 0.25) is 0 Å². The lowest BCUT2D eigenvalue weighted by Crippen LogP contribution is -2.07. The average molecular weight is 228 g/mol. The first-order valence-electron chi connectivity index (χ1n) is 6.32. The van der Waals surface area contributed by atoms with Crippen LogP contribution in [0.25, 0.3) is 0 Å². The zero-order valence-corrected chi connectivity index (χ0v) is 10.6. The van der Waals surface area contributed by atoms with Crippen molar-refractivity contribution in [3.05, 3.63) is 0 Å². The standard InChI is InChI=1S/C13H24O3/c1-3-4-5-6-7-8-9-13(15)16-11-10-12(2)14/h3-11H2,1-2H3. The summed E-state index contributed by atoms with van der Waals surface area (Å²) in [5.74, 6) is -0.107. The van der Waals surface area contributed by atoms with E-state index in [0.717, 1.165) is 12.8 Å². The average Bonchev–Trinajstić information content (AvgIpc) is 2.22. The van der Waals surface area contributed by atoms with Gasteiger partial charge >= 0.3 is 5.97 Å². The first-order valence-corrected chi connectivity index (χ1v) is 6.32. The maximum absolute atomic E-state index is 11.2. The Bertz CT molecular complexity index is 199. The molecular formula is C13H24O3. The van der Waals surface area contributed by atoms with E-state index in [0.29, 0.717) is 12.8 Å². The summed E-state index contributed by atoms with van der Waals surface area (Å²) in [5, 5.41) is 0. The van der Waals surface area contributed by atoms with E-state index in [1.807, 2.05) is 0 Å². The topological polar surface area (TPSA) is 43.4 Å². The van der Waals surface area contributed by atoms with Gasteiger partial charge in [0, 0.05) is 12.8 Å². The minimum atomic E-state index is -0.170. The third-order valence-electron chi connectivity index (χ3n) is 2.45. The monoisotopic (exact) mass is 228 g/mol. The fourth-order valence-electron chi connectivity index (χ4n) is 1.43. The highest BCUT2D eigenvalue weighted by Gasteiger charge is 2.03. The Balaban J connectivity index is 3.20. The van der Waals surface area contributed by atoms with Crippen molar-refractivity contribution in [2.45, 2.75) is 65.2 Å². The summed E-state index contributed by atoms with van der Waals surface area (Å²) in [6.45, 7) is 3.93. The minimum absolute atomic E-state index is 0.0624. The Morgan fingerprint density at radius 3 is 2.19 bits per heavy atom. The van der Waals surface area contributed by atoms with E-state index in [4.69, 9.17) is 4.74 Å². The van der Waals surface area contributed by atoms with Crippen molar-refractivity contribution in [3.63, 3.8) is 0 Å². The van der Waals surface area contributed by atoms with Gasteiger partial charge < -0.3 is 4.74 Å².